The minimum atomic E-state index is 0.0371. The Morgan fingerprint density at radius 3 is 2.62 bits per heavy atom. The molecule has 0 aromatic carbocycles. The molecule has 4 rings (SSSR count). The fourth-order valence-electron chi connectivity index (χ4n) is 7.06. The largest absolute Gasteiger partial charge is 0.328 e. The van der Waals surface area contributed by atoms with Gasteiger partial charge in [0.05, 0.1) is 0 Å². The highest BCUT2D eigenvalue weighted by Gasteiger charge is 2.59. The number of hydrogen-bond acceptors (Lipinski definition) is 2. The van der Waals surface area contributed by atoms with Gasteiger partial charge in [0.25, 0.3) is 0 Å². The van der Waals surface area contributed by atoms with E-state index in [1.807, 2.05) is 0 Å². The Balaban J connectivity index is 1.64. The van der Waals surface area contributed by atoms with Gasteiger partial charge in [-0.15, -0.1) is 0 Å². The highest BCUT2D eigenvalue weighted by atomic mass is 16.1. The third kappa shape index (κ3) is 1.84. The number of ketones is 1. The molecule has 0 aromatic rings. The fourth-order valence-corrected chi connectivity index (χ4v) is 7.06. The van der Waals surface area contributed by atoms with Gasteiger partial charge in [0, 0.05) is 17.9 Å². The topological polar surface area (TPSA) is 43.1 Å². The van der Waals surface area contributed by atoms with E-state index >= 15 is 0 Å². The van der Waals surface area contributed by atoms with Gasteiger partial charge < -0.3 is 5.73 Å². The molecule has 21 heavy (non-hydrogen) atoms. The van der Waals surface area contributed by atoms with E-state index in [1.165, 1.54) is 44.9 Å². The first-order chi connectivity index (χ1) is 9.95. The van der Waals surface area contributed by atoms with E-state index in [2.05, 4.69) is 13.8 Å². The quantitative estimate of drug-likeness (QED) is 0.734. The molecule has 2 nitrogen and oxygen atoms in total. The molecule has 0 amide bonds. The summed E-state index contributed by atoms with van der Waals surface area (Å²) in [6, 6.07) is 0.446. The summed E-state index contributed by atoms with van der Waals surface area (Å²) < 4.78 is 0. The monoisotopic (exact) mass is 289 g/mol. The van der Waals surface area contributed by atoms with E-state index in [1.54, 1.807) is 0 Å². The van der Waals surface area contributed by atoms with Crippen LogP contribution < -0.4 is 5.73 Å². The Kier molecular flexibility index (Phi) is 3.10. The first-order valence-corrected chi connectivity index (χ1v) is 9.24. The average Bonchev–Trinajstić information content (AvgIpc) is 2.76. The van der Waals surface area contributed by atoms with Gasteiger partial charge in [0.2, 0.25) is 0 Å². The SMILES string of the molecule is C[C@]12CC[C@H](N)CC1CC[C@@H]1C2CC[C@]2(C)C(=O)CC[C@@H]12. The Labute approximate surface area is 129 Å². The van der Waals surface area contributed by atoms with Crippen LogP contribution in [0.3, 0.4) is 0 Å². The standard InChI is InChI=1S/C19H31NO/c1-18-9-7-13(20)11-12(18)3-4-14-15-5-6-17(21)19(15,2)10-8-16(14)18/h12-16H,3-11,20H2,1-2H3/t12?,13-,14-,15-,16?,18-,19-/m0/s1. The third-order valence-corrected chi connectivity index (χ3v) is 8.42. The third-order valence-electron chi connectivity index (χ3n) is 8.42. The molecule has 0 saturated heterocycles. The van der Waals surface area contributed by atoms with Crippen LogP contribution >= 0.6 is 0 Å². The Morgan fingerprint density at radius 2 is 1.81 bits per heavy atom. The molecular weight excluding hydrogens is 258 g/mol. The van der Waals surface area contributed by atoms with E-state index in [0.717, 1.165) is 30.6 Å². The smallest absolute Gasteiger partial charge is 0.139 e. The van der Waals surface area contributed by atoms with Gasteiger partial charge in [-0.05, 0) is 80.5 Å². The number of nitrogens with two attached hydrogens (primary N) is 1. The normalized spacial score (nSPS) is 56.5. The molecule has 4 aliphatic rings. The van der Waals surface area contributed by atoms with Crippen molar-refractivity contribution >= 4 is 5.78 Å². The maximum atomic E-state index is 12.4. The van der Waals surface area contributed by atoms with Crippen LogP contribution in [0.2, 0.25) is 0 Å². The summed E-state index contributed by atoms with van der Waals surface area (Å²) in [7, 11) is 0. The molecule has 0 radical (unpaired) electrons. The van der Waals surface area contributed by atoms with Crippen LogP contribution in [0, 0.1) is 34.5 Å². The van der Waals surface area contributed by atoms with Crippen molar-refractivity contribution in [3.63, 3.8) is 0 Å². The molecule has 0 bridgehead atoms. The summed E-state index contributed by atoms with van der Waals surface area (Å²) in [6.07, 6.45) is 11.0. The highest BCUT2D eigenvalue weighted by molar-refractivity contribution is 5.87. The maximum absolute atomic E-state index is 12.4. The predicted octanol–water partition coefficient (Wildman–Crippen LogP) is 3.93. The fraction of sp³-hybridized carbons (Fsp3) is 0.947. The van der Waals surface area contributed by atoms with Crippen molar-refractivity contribution in [2.45, 2.75) is 77.7 Å². The Hall–Kier alpha value is -0.370. The summed E-state index contributed by atoms with van der Waals surface area (Å²) >= 11 is 0. The van der Waals surface area contributed by atoms with Gasteiger partial charge in [0.1, 0.15) is 5.78 Å². The van der Waals surface area contributed by atoms with E-state index in [4.69, 9.17) is 5.73 Å². The van der Waals surface area contributed by atoms with E-state index in [9.17, 15) is 4.79 Å². The van der Waals surface area contributed by atoms with Gasteiger partial charge in [-0.3, -0.25) is 4.79 Å². The van der Waals surface area contributed by atoms with Crippen LogP contribution in [0.1, 0.15) is 71.6 Å². The molecule has 2 N–H and O–H groups in total. The number of Topliss-reactive ketones (excluding diaryl/α,β-unsaturated/α-hetero) is 1. The summed E-state index contributed by atoms with van der Waals surface area (Å²) in [5, 5.41) is 0. The second kappa shape index (κ2) is 4.57. The van der Waals surface area contributed by atoms with Gasteiger partial charge in [-0.1, -0.05) is 13.8 Å². The van der Waals surface area contributed by atoms with Gasteiger partial charge >= 0.3 is 0 Å². The maximum Gasteiger partial charge on any atom is 0.139 e. The minimum absolute atomic E-state index is 0.0371. The van der Waals surface area contributed by atoms with Crippen LogP contribution in [0.4, 0.5) is 0 Å². The molecule has 4 saturated carbocycles. The predicted molar refractivity (Wildman–Crippen MR) is 84.7 cm³/mol. The lowest BCUT2D eigenvalue weighted by atomic mass is 9.45. The summed E-state index contributed by atoms with van der Waals surface area (Å²) in [5.41, 5.74) is 6.81. The van der Waals surface area contributed by atoms with E-state index in [-0.39, 0.29) is 5.41 Å². The highest BCUT2D eigenvalue weighted by Crippen LogP contribution is 2.65. The van der Waals surface area contributed by atoms with Gasteiger partial charge in [-0.25, -0.2) is 0 Å². The van der Waals surface area contributed by atoms with Gasteiger partial charge in [0.15, 0.2) is 0 Å². The van der Waals surface area contributed by atoms with Crippen LogP contribution in [0.25, 0.3) is 0 Å². The van der Waals surface area contributed by atoms with Crippen molar-refractivity contribution in [1.29, 1.82) is 0 Å². The Morgan fingerprint density at radius 1 is 1.00 bits per heavy atom. The number of hydrogen-bond donors (Lipinski definition) is 1. The van der Waals surface area contributed by atoms with Crippen molar-refractivity contribution in [2.24, 2.45) is 40.2 Å². The minimum Gasteiger partial charge on any atom is -0.328 e. The molecule has 0 aliphatic heterocycles. The summed E-state index contributed by atoms with van der Waals surface area (Å²) in [5.74, 6) is 3.81. The van der Waals surface area contributed by atoms with Crippen molar-refractivity contribution in [2.75, 3.05) is 0 Å². The summed E-state index contributed by atoms with van der Waals surface area (Å²) in [6.45, 7) is 4.86. The number of fused-ring (bicyclic) bond motifs is 5. The number of carbonyl (C=O) groups excluding carboxylic acids is 1. The lowest BCUT2D eigenvalue weighted by Gasteiger charge is -2.60. The van der Waals surface area contributed by atoms with Crippen molar-refractivity contribution in [1.82, 2.24) is 0 Å². The molecule has 4 fully saturated rings. The number of carbonyl (C=O) groups is 1. The molecule has 7 atom stereocenters. The Bertz CT molecular complexity index is 460. The zero-order valence-corrected chi connectivity index (χ0v) is 13.7. The first-order valence-electron chi connectivity index (χ1n) is 9.24. The molecular formula is C19H31NO. The molecule has 0 aromatic heterocycles. The van der Waals surface area contributed by atoms with Gasteiger partial charge in [-0.2, -0.15) is 0 Å². The van der Waals surface area contributed by atoms with Crippen LogP contribution in [-0.2, 0) is 4.79 Å². The second-order valence-electron chi connectivity index (χ2n) is 9.11. The second-order valence-corrected chi connectivity index (χ2v) is 9.11. The molecule has 118 valence electrons. The zero-order chi connectivity index (χ0) is 14.8. The lowest BCUT2D eigenvalue weighted by molar-refractivity contribution is -0.139. The van der Waals surface area contributed by atoms with Crippen LogP contribution in [0.5, 0.6) is 0 Å². The van der Waals surface area contributed by atoms with Crippen molar-refractivity contribution in [3.8, 4) is 0 Å². The lowest BCUT2D eigenvalue weighted by Crippen LogP contribution is -2.54. The average molecular weight is 289 g/mol. The number of rotatable bonds is 0. The molecule has 2 unspecified atom stereocenters. The summed E-state index contributed by atoms with van der Waals surface area (Å²) in [4.78, 5) is 12.4. The zero-order valence-electron chi connectivity index (χ0n) is 13.7. The molecule has 4 aliphatic carbocycles. The van der Waals surface area contributed by atoms with E-state index < -0.39 is 0 Å². The first kappa shape index (κ1) is 14.2. The molecule has 0 spiro atoms. The van der Waals surface area contributed by atoms with Crippen molar-refractivity contribution < 1.29 is 4.79 Å². The molecule has 2 heteroatoms. The van der Waals surface area contributed by atoms with Crippen molar-refractivity contribution in [3.05, 3.63) is 0 Å². The van der Waals surface area contributed by atoms with Crippen LogP contribution in [-0.4, -0.2) is 11.8 Å². The molecule has 0 heterocycles. The van der Waals surface area contributed by atoms with E-state index in [0.29, 0.717) is 23.2 Å². The van der Waals surface area contributed by atoms with Crippen LogP contribution in [0.15, 0.2) is 0 Å².